The number of carbonyl (C=O) groups excluding carboxylic acids is 2. The normalized spacial score (nSPS) is 17.1. The maximum atomic E-state index is 11.9. The molecule has 6 heteroatoms. The smallest absolute Gasteiger partial charge is 0.248 e. The van der Waals surface area contributed by atoms with E-state index in [0.29, 0.717) is 32.5 Å². The van der Waals surface area contributed by atoms with Gasteiger partial charge in [0.25, 0.3) is 0 Å². The average Bonchev–Trinajstić information content (AvgIpc) is 2.41. The number of hydrazine groups is 1. The van der Waals surface area contributed by atoms with E-state index in [9.17, 15) is 9.59 Å². The summed E-state index contributed by atoms with van der Waals surface area (Å²) in [5.74, 6) is 4.90. The predicted molar refractivity (Wildman–Crippen MR) is 76.5 cm³/mol. The maximum absolute atomic E-state index is 11.9. The summed E-state index contributed by atoms with van der Waals surface area (Å²) in [6.07, 6.45) is 2.26. The van der Waals surface area contributed by atoms with Gasteiger partial charge in [-0.25, -0.2) is 5.84 Å². The summed E-state index contributed by atoms with van der Waals surface area (Å²) in [5.41, 5.74) is 2.39. The van der Waals surface area contributed by atoms with Crippen LogP contribution in [0.4, 0.5) is 0 Å². The first kappa shape index (κ1) is 16.9. The number of amides is 2. The average molecular weight is 285 g/mol. The Hall–Kier alpha value is -1.14. The number of rotatable bonds is 5. The molecule has 0 aromatic heterocycles. The monoisotopic (exact) mass is 285 g/mol. The summed E-state index contributed by atoms with van der Waals surface area (Å²) in [4.78, 5) is 25.1. The van der Waals surface area contributed by atoms with E-state index >= 15 is 0 Å². The lowest BCUT2D eigenvalue weighted by Gasteiger charge is -2.31. The Morgan fingerprint density at radius 1 is 1.30 bits per heavy atom. The lowest BCUT2D eigenvalue weighted by molar-refractivity contribution is -0.139. The third-order valence-electron chi connectivity index (χ3n) is 3.58. The minimum atomic E-state index is -0.140. The highest BCUT2D eigenvalue weighted by atomic mass is 16.5. The third-order valence-corrected chi connectivity index (χ3v) is 3.58. The lowest BCUT2D eigenvalue weighted by Crippen LogP contribution is -2.45. The number of hydrogen-bond acceptors (Lipinski definition) is 4. The molecule has 0 bridgehead atoms. The van der Waals surface area contributed by atoms with E-state index in [2.05, 4.69) is 26.2 Å². The minimum Gasteiger partial charge on any atom is -0.372 e. The Balaban J connectivity index is 2.21. The van der Waals surface area contributed by atoms with Crippen molar-refractivity contribution in [2.24, 2.45) is 17.2 Å². The van der Waals surface area contributed by atoms with Crippen LogP contribution in [0.25, 0.3) is 0 Å². The van der Waals surface area contributed by atoms with E-state index in [0.717, 1.165) is 6.42 Å². The second-order valence-corrected chi connectivity index (χ2v) is 6.53. The van der Waals surface area contributed by atoms with E-state index < -0.39 is 0 Å². The predicted octanol–water partition coefficient (Wildman–Crippen LogP) is 0.668. The zero-order valence-electron chi connectivity index (χ0n) is 12.8. The molecule has 0 aliphatic carbocycles. The maximum Gasteiger partial charge on any atom is 0.248 e. The fraction of sp³-hybridized carbons (Fsp3) is 0.857. The van der Waals surface area contributed by atoms with Gasteiger partial charge >= 0.3 is 0 Å². The van der Waals surface area contributed by atoms with Crippen molar-refractivity contribution in [1.82, 2.24) is 10.3 Å². The van der Waals surface area contributed by atoms with E-state index in [1.807, 2.05) is 0 Å². The largest absolute Gasteiger partial charge is 0.372 e. The molecule has 1 aliphatic rings. The molecule has 0 saturated carbocycles. The SMILES string of the molecule is CC(C)(C)CCOCC(=O)N1CCC(C(=O)NN)CC1. The fourth-order valence-corrected chi connectivity index (χ4v) is 2.14. The summed E-state index contributed by atoms with van der Waals surface area (Å²) >= 11 is 0. The van der Waals surface area contributed by atoms with E-state index in [4.69, 9.17) is 10.6 Å². The van der Waals surface area contributed by atoms with Gasteiger partial charge in [-0.1, -0.05) is 20.8 Å². The summed E-state index contributed by atoms with van der Waals surface area (Å²) in [6, 6.07) is 0. The summed E-state index contributed by atoms with van der Waals surface area (Å²) in [6.45, 7) is 8.35. The van der Waals surface area contributed by atoms with Crippen LogP contribution < -0.4 is 11.3 Å². The van der Waals surface area contributed by atoms with Crippen LogP contribution in [-0.2, 0) is 14.3 Å². The van der Waals surface area contributed by atoms with Gasteiger partial charge in [0.15, 0.2) is 0 Å². The van der Waals surface area contributed by atoms with Crippen molar-refractivity contribution in [3.8, 4) is 0 Å². The fourth-order valence-electron chi connectivity index (χ4n) is 2.14. The Kier molecular flexibility index (Phi) is 6.42. The van der Waals surface area contributed by atoms with Crippen LogP contribution in [0.5, 0.6) is 0 Å². The quantitative estimate of drug-likeness (QED) is 0.336. The van der Waals surface area contributed by atoms with Crippen LogP contribution in [0.3, 0.4) is 0 Å². The van der Waals surface area contributed by atoms with Crippen LogP contribution in [0.15, 0.2) is 0 Å². The molecular weight excluding hydrogens is 258 g/mol. The van der Waals surface area contributed by atoms with Gasteiger partial charge < -0.3 is 9.64 Å². The number of nitrogens with one attached hydrogen (secondary N) is 1. The van der Waals surface area contributed by atoms with Crippen LogP contribution in [0.2, 0.25) is 0 Å². The van der Waals surface area contributed by atoms with Gasteiger partial charge in [0.1, 0.15) is 6.61 Å². The summed E-state index contributed by atoms with van der Waals surface area (Å²) < 4.78 is 5.43. The molecule has 20 heavy (non-hydrogen) atoms. The first-order valence-corrected chi connectivity index (χ1v) is 7.19. The van der Waals surface area contributed by atoms with Crippen molar-refractivity contribution >= 4 is 11.8 Å². The third kappa shape index (κ3) is 5.88. The van der Waals surface area contributed by atoms with E-state index in [-0.39, 0.29) is 29.8 Å². The van der Waals surface area contributed by atoms with Gasteiger partial charge in [-0.05, 0) is 24.7 Å². The molecule has 0 unspecified atom stereocenters. The molecule has 0 atom stereocenters. The first-order chi connectivity index (χ1) is 9.33. The van der Waals surface area contributed by atoms with Gasteiger partial charge in [0, 0.05) is 25.6 Å². The van der Waals surface area contributed by atoms with Gasteiger partial charge in [0.2, 0.25) is 11.8 Å². The zero-order valence-corrected chi connectivity index (χ0v) is 12.8. The molecule has 1 rings (SSSR count). The van der Waals surface area contributed by atoms with E-state index in [1.54, 1.807) is 4.90 Å². The standard InChI is InChI=1S/C14H27N3O3/c1-14(2,3)6-9-20-10-12(18)17-7-4-11(5-8-17)13(19)16-15/h11H,4-10,15H2,1-3H3,(H,16,19). The highest BCUT2D eigenvalue weighted by Crippen LogP contribution is 2.19. The van der Waals surface area contributed by atoms with E-state index in [1.165, 1.54) is 0 Å². The lowest BCUT2D eigenvalue weighted by atomic mass is 9.93. The molecule has 2 amide bonds. The van der Waals surface area contributed by atoms with Crippen LogP contribution in [0.1, 0.15) is 40.0 Å². The van der Waals surface area contributed by atoms with Crippen LogP contribution in [-0.4, -0.2) is 43.0 Å². The Morgan fingerprint density at radius 3 is 2.40 bits per heavy atom. The molecule has 0 radical (unpaired) electrons. The molecular formula is C14H27N3O3. The number of nitrogens with two attached hydrogens (primary N) is 1. The van der Waals surface area contributed by atoms with Crippen molar-refractivity contribution in [3.63, 3.8) is 0 Å². The summed E-state index contributed by atoms with van der Waals surface area (Å²) in [7, 11) is 0. The van der Waals surface area contributed by atoms with Gasteiger partial charge in [-0.15, -0.1) is 0 Å². The molecule has 0 spiro atoms. The topological polar surface area (TPSA) is 84.7 Å². The van der Waals surface area contributed by atoms with Crippen molar-refractivity contribution in [3.05, 3.63) is 0 Å². The number of nitrogens with zero attached hydrogens (tertiary/aromatic N) is 1. The second kappa shape index (κ2) is 7.59. The zero-order chi connectivity index (χ0) is 15.2. The molecule has 1 heterocycles. The molecule has 0 aromatic carbocycles. The molecule has 6 nitrogen and oxygen atoms in total. The Bertz CT molecular complexity index is 331. The van der Waals surface area contributed by atoms with Crippen molar-refractivity contribution in [2.75, 3.05) is 26.3 Å². The van der Waals surface area contributed by atoms with Crippen molar-refractivity contribution in [1.29, 1.82) is 0 Å². The van der Waals surface area contributed by atoms with Gasteiger partial charge in [-0.3, -0.25) is 15.0 Å². The second-order valence-electron chi connectivity index (χ2n) is 6.53. The number of ether oxygens (including phenoxy) is 1. The van der Waals surface area contributed by atoms with Crippen molar-refractivity contribution in [2.45, 2.75) is 40.0 Å². The number of hydrogen-bond donors (Lipinski definition) is 2. The molecule has 1 saturated heterocycles. The number of piperidine rings is 1. The Labute approximate surface area is 121 Å². The molecule has 1 fully saturated rings. The Morgan fingerprint density at radius 2 is 1.90 bits per heavy atom. The van der Waals surface area contributed by atoms with Gasteiger partial charge in [-0.2, -0.15) is 0 Å². The first-order valence-electron chi connectivity index (χ1n) is 7.19. The van der Waals surface area contributed by atoms with Gasteiger partial charge in [0.05, 0.1) is 0 Å². The molecule has 116 valence electrons. The molecule has 1 aliphatic heterocycles. The van der Waals surface area contributed by atoms with Crippen LogP contribution >= 0.6 is 0 Å². The van der Waals surface area contributed by atoms with Crippen molar-refractivity contribution < 1.29 is 14.3 Å². The number of likely N-dealkylation sites (tertiary alicyclic amines) is 1. The van der Waals surface area contributed by atoms with Crippen LogP contribution in [0, 0.1) is 11.3 Å². The molecule has 3 N–H and O–H groups in total. The number of carbonyl (C=O) groups is 2. The summed E-state index contributed by atoms with van der Waals surface area (Å²) in [5, 5.41) is 0. The minimum absolute atomic E-state index is 0.00511. The molecule has 0 aromatic rings. The highest BCUT2D eigenvalue weighted by molar-refractivity contribution is 5.80. The highest BCUT2D eigenvalue weighted by Gasteiger charge is 2.26.